The first-order chi connectivity index (χ1) is 9.33. The Hall–Kier alpha value is -1.66. The summed E-state index contributed by atoms with van der Waals surface area (Å²) in [5, 5.41) is 4.14. The normalized spacial score (nSPS) is 13.4. The zero-order valence-corrected chi connectivity index (χ0v) is 12.9. The van der Waals surface area contributed by atoms with E-state index in [1.807, 2.05) is 27.0 Å². The number of aromatic nitrogens is 2. The van der Waals surface area contributed by atoms with Crippen LogP contribution in [0.5, 0.6) is 0 Å². The Bertz CT molecular complexity index is 720. The summed E-state index contributed by atoms with van der Waals surface area (Å²) in [6.07, 6.45) is 1.69. The number of nitrogens with one attached hydrogen (secondary N) is 1. The zero-order valence-electron chi connectivity index (χ0n) is 12.1. The van der Waals surface area contributed by atoms with E-state index in [1.165, 1.54) is 0 Å². The molecule has 5 nitrogen and oxygen atoms in total. The molecule has 0 bridgehead atoms. The molecule has 0 aliphatic rings. The number of sulfonamides is 1. The van der Waals surface area contributed by atoms with Crippen molar-refractivity contribution in [1.29, 1.82) is 0 Å². The minimum absolute atomic E-state index is 0.313. The topological polar surface area (TPSA) is 64.0 Å². The standard InChI is InChI=1S/C14H19N3O2S/c1-10-7-5-6-8-14(10)20(18,19)16-11(2)13-9-15-17(4)12(13)3/h5-9,11,16H,1-4H3. The van der Waals surface area contributed by atoms with Crippen molar-refractivity contribution >= 4 is 10.0 Å². The van der Waals surface area contributed by atoms with E-state index in [4.69, 9.17) is 0 Å². The Balaban J connectivity index is 2.29. The van der Waals surface area contributed by atoms with Crippen molar-refractivity contribution < 1.29 is 8.42 Å². The molecular weight excluding hydrogens is 274 g/mol. The first-order valence-electron chi connectivity index (χ1n) is 6.39. The molecule has 1 unspecified atom stereocenters. The van der Waals surface area contributed by atoms with Crippen LogP contribution in [0.1, 0.15) is 29.8 Å². The fraction of sp³-hybridized carbons (Fsp3) is 0.357. The van der Waals surface area contributed by atoms with E-state index >= 15 is 0 Å². The first-order valence-corrected chi connectivity index (χ1v) is 7.87. The van der Waals surface area contributed by atoms with Crippen LogP contribution >= 0.6 is 0 Å². The second-order valence-electron chi connectivity index (χ2n) is 4.92. The highest BCUT2D eigenvalue weighted by atomic mass is 32.2. The van der Waals surface area contributed by atoms with E-state index in [-0.39, 0.29) is 6.04 Å². The Morgan fingerprint density at radius 3 is 2.45 bits per heavy atom. The Morgan fingerprint density at radius 1 is 1.25 bits per heavy atom. The van der Waals surface area contributed by atoms with Crippen molar-refractivity contribution in [3.8, 4) is 0 Å². The monoisotopic (exact) mass is 293 g/mol. The first kappa shape index (κ1) is 14.7. The quantitative estimate of drug-likeness (QED) is 0.938. The van der Waals surface area contributed by atoms with Gasteiger partial charge in [-0.05, 0) is 32.4 Å². The molecule has 6 heteroatoms. The number of hydrogen-bond acceptors (Lipinski definition) is 3. The van der Waals surface area contributed by atoms with Crippen molar-refractivity contribution in [3.63, 3.8) is 0 Å². The van der Waals surface area contributed by atoms with Gasteiger partial charge in [-0.1, -0.05) is 18.2 Å². The van der Waals surface area contributed by atoms with Crippen molar-refractivity contribution in [2.75, 3.05) is 0 Å². The van der Waals surface area contributed by atoms with E-state index in [9.17, 15) is 8.42 Å². The van der Waals surface area contributed by atoms with Crippen LogP contribution in [-0.2, 0) is 17.1 Å². The van der Waals surface area contributed by atoms with Crippen molar-refractivity contribution in [2.24, 2.45) is 7.05 Å². The van der Waals surface area contributed by atoms with Gasteiger partial charge in [0.15, 0.2) is 0 Å². The summed E-state index contributed by atoms with van der Waals surface area (Å²) in [6.45, 7) is 5.52. The number of rotatable bonds is 4. The molecule has 0 aliphatic carbocycles. The molecule has 0 aliphatic heterocycles. The summed E-state index contributed by atoms with van der Waals surface area (Å²) < 4.78 is 29.3. The summed E-state index contributed by atoms with van der Waals surface area (Å²) in [7, 11) is -1.70. The predicted molar refractivity (Wildman–Crippen MR) is 77.9 cm³/mol. The second-order valence-corrected chi connectivity index (χ2v) is 6.60. The third kappa shape index (κ3) is 2.76. The molecule has 1 heterocycles. The molecule has 0 saturated heterocycles. The maximum atomic E-state index is 12.4. The van der Waals surface area contributed by atoms with Crippen molar-refractivity contribution in [1.82, 2.24) is 14.5 Å². The molecule has 0 saturated carbocycles. The molecule has 0 amide bonds. The number of nitrogens with zero attached hydrogens (tertiary/aromatic N) is 2. The minimum atomic E-state index is -3.53. The minimum Gasteiger partial charge on any atom is -0.273 e. The SMILES string of the molecule is Cc1ccccc1S(=O)(=O)NC(C)c1cnn(C)c1C. The number of aryl methyl sites for hydroxylation is 2. The lowest BCUT2D eigenvalue weighted by Gasteiger charge is -2.15. The molecule has 1 aromatic heterocycles. The van der Waals surface area contributed by atoms with Crippen LogP contribution in [0.3, 0.4) is 0 Å². The largest absolute Gasteiger partial charge is 0.273 e. The van der Waals surface area contributed by atoms with Crippen molar-refractivity contribution in [3.05, 3.63) is 47.3 Å². The van der Waals surface area contributed by atoms with E-state index in [1.54, 1.807) is 36.0 Å². The highest BCUT2D eigenvalue weighted by Crippen LogP contribution is 2.21. The summed E-state index contributed by atoms with van der Waals surface area (Å²) in [5.74, 6) is 0. The number of hydrogen-bond donors (Lipinski definition) is 1. The second kappa shape index (κ2) is 5.38. The zero-order chi connectivity index (χ0) is 14.9. The van der Waals surface area contributed by atoms with Crippen LogP contribution in [0.15, 0.2) is 35.4 Å². The average Bonchev–Trinajstić information content (AvgIpc) is 2.70. The smallest absolute Gasteiger partial charge is 0.241 e. The maximum absolute atomic E-state index is 12.4. The van der Waals surface area contributed by atoms with Crippen molar-refractivity contribution in [2.45, 2.75) is 31.7 Å². The molecule has 0 spiro atoms. The van der Waals surface area contributed by atoms with E-state index < -0.39 is 10.0 Å². The lowest BCUT2D eigenvalue weighted by Crippen LogP contribution is -2.27. The van der Waals surface area contributed by atoms with Gasteiger partial charge in [-0.2, -0.15) is 5.10 Å². The summed E-state index contributed by atoms with van der Waals surface area (Å²) in [4.78, 5) is 0.313. The van der Waals surface area contributed by atoms with E-state index in [0.717, 1.165) is 16.8 Å². The summed E-state index contributed by atoms with van der Waals surface area (Å²) in [5.41, 5.74) is 2.56. The molecule has 1 atom stereocenters. The molecule has 0 radical (unpaired) electrons. The van der Waals surface area contributed by atoms with Crippen LogP contribution in [-0.4, -0.2) is 18.2 Å². The van der Waals surface area contributed by atoms with Gasteiger partial charge in [-0.25, -0.2) is 13.1 Å². The molecule has 0 fully saturated rings. The molecular formula is C14H19N3O2S. The highest BCUT2D eigenvalue weighted by molar-refractivity contribution is 7.89. The molecule has 2 aromatic rings. The lowest BCUT2D eigenvalue weighted by atomic mass is 10.1. The van der Waals surface area contributed by atoms with Gasteiger partial charge in [0.2, 0.25) is 10.0 Å². The molecule has 20 heavy (non-hydrogen) atoms. The van der Waals surface area contributed by atoms with Crippen LogP contribution in [0.25, 0.3) is 0 Å². The van der Waals surface area contributed by atoms with Gasteiger partial charge in [0.05, 0.1) is 11.1 Å². The highest BCUT2D eigenvalue weighted by Gasteiger charge is 2.21. The summed E-state index contributed by atoms with van der Waals surface area (Å²) >= 11 is 0. The Labute approximate surface area is 119 Å². The maximum Gasteiger partial charge on any atom is 0.241 e. The average molecular weight is 293 g/mol. The van der Waals surface area contributed by atoms with Gasteiger partial charge < -0.3 is 0 Å². The van der Waals surface area contributed by atoms with Crippen LogP contribution < -0.4 is 4.72 Å². The van der Waals surface area contributed by atoms with Gasteiger partial charge in [0, 0.05) is 24.3 Å². The Kier molecular flexibility index (Phi) is 3.96. The fourth-order valence-electron chi connectivity index (χ4n) is 2.16. The van der Waals surface area contributed by atoms with Gasteiger partial charge >= 0.3 is 0 Å². The van der Waals surface area contributed by atoms with E-state index in [2.05, 4.69) is 9.82 Å². The molecule has 1 aromatic carbocycles. The van der Waals surface area contributed by atoms with E-state index in [0.29, 0.717) is 4.90 Å². The number of benzene rings is 1. The molecule has 2 rings (SSSR count). The fourth-order valence-corrected chi connectivity index (χ4v) is 3.63. The lowest BCUT2D eigenvalue weighted by molar-refractivity contribution is 0.565. The van der Waals surface area contributed by atoms with Crippen LogP contribution in [0, 0.1) is 13.8 Å². The van der Waals surface area contributed by atoms with Gasteiger partial charge in [0.1, 0.15) is 0 Å². The van der Waals surface area contributed by atoms with Gasteiger partial charge in [-0.15, -0.1) is 0 Å². The molecule has 108 valence electrons. The Morgan fingerprint density at radius 2 is 1.90 bits per heavy atom. The third-order valence-corrected chi connectivity index (χ3v) is 5.16. The van der Waals surface area contributed by atoms with Gasteiger partial charge in [-0.3, -0.25) is 4.68 Å². The summed E-state index contributed by atoms with van der Waals surface area (Å²) in [6, 6.07) is 6.62. The van der Waals surface area contributed by atoms with Gasteiger partial charge in [0.25, 0.3) is 0 Å². The molecule has 1 N–H and O–H groups in total. The predicted octanol–water partition coefficient (Wildman–Crippen LogP) is 2.08. The van der Waals surface area contributed by atoms with Crippen LogP contribution in [0.4, 0.5) is 0 Å². The van der Waals surface area contributed by atoms with Crippen LogP contribution in [0.2, 0.25) is 0 Å². The third-order valence-electron chi connectivity index (χ3n) is 3.45.